The van der Waals surface area contributed by atoms with Crippen LogP contribution in [0.5, 0.6) is 11.5 Å². The normalized spacial score (nSPS) is 11.2. The maximum absolute atomic E-state index is 10.5. The molecule has 0 aliphatic rings. The summed E-state index contributed by atoms with van der Waals surface area (Å²) in [4.78, 5) is 0. The van der Waals surface area contributed by atoms with Crippen molar-refractivity contribution in [3.63, 3.8) is 0 Å². The first-order chi connectivity index (χ1) is 32.2. The van der Waals surface area contributed by atoms with Crippen molar-refractivity contribution in [2.45, 2.75) is 0 Å². The SMILES string of the molecule is Oc1c(Cl)cc(-[n+]2c(-c3ccccc3)cc(-c3ccc(-c4ccc(-c5cc(-c6ccccc6)[n+](-c6cc(Cl)c(O)c(Cl)c6)c(-c6ccccc6)c5)cc4)cc3)cc2-c2ccccc2)cc1Cl. The number of rotatable bonds is 9. The number of pyridine rings is 2. The van der Waals surface area contributed by atoms with E-state index in [0.29, 0.717) is 0 Å². The van der Waals surface area contributed by atoms with Gasteiger partial charge in [-0.15, -0.1) is 0 Å². The van der Waals surface area contributed by atoms with Gasteiger partial charge in [-0.05, 0) is 81.9 Å². The van der Waals surface area contributed by atoms with Crippen molar-refractivity contribution in [2.24, 2.45) is 0 Å². The predicted molar refractivity (Wildman–Crippen MR) is 271 cm³/mol. The molecule has 66 heavy (non-hydrogen) atoms. The zero-order valence-corrected chi connectivity index (χ0v) is 38.1. The molecule has 0 saturated carbocycles. The molecule has 0 aliphatic carbocycles. The summed E-state index contributed by atoms with van der Waals surface area (Å²) in [5.74, 6) is -0.300. The fraction of sp³-hybridized carbons (Fsp3) is 0. The summed E-state index contributed by atoms with van der Waals surface area (Å²) >= 11 is 26.1. The fourth-order valence-corrected chi connectivity index (χ4v) is 9.39. The van der Waals surface area contributed by atoms with E-state index in [-0.39, 0.29) is 31.6 Å². The molecule has 10 aromatic rings. The van der Waals surface area contributed by atoms with Crippen LogP contribution in [-0.2, 0) is 0 Å². The molecule has 0 radical (unpaired) electrons. The van der Waals surface area contributed by atoms with Crippen LogP contribution in [0.2, 0.25) is 20.1 Å². The minimum absolute atomic E-state index is 0.150. The summed E-state index contributed by atoms with van der Waals surface area (Å²) < 4.78 is 4.27. The number of halogens is 4. The Morgan fingerprint density at radius 3 is 0.682 bits per heavy atom. The number of hydrogen-bond acceptors (Lipinski definition) is 2. The number of aromatic nitrogens is 2. The van der Waals surface area contributed by atoms with E-state index in [0.717, 1.165) is 89.8 Å². The van der Waals surface area contributed by atoms with Crippen LogP contribution < -0.4 is 9.13 Å². The average Bonchev–Trinajstić information content (AvgIpc) is 3.37. The summed E-state index contributed by atoms with van der Waals surface area (Å²) in [6.07, 6.45) is 0. The van der Waals surface area contributed by atoms with Crippen LogP contribution in [0, 0.1) is 0 Å². The Labute approximate surface area is 403 Å². The Bertz CT molecular complexity index is 2990. The molecular weight excluding hydrogens is 898 g/mol. The number of benzene rings is 8. The molecule has 0 bridgehead atoms. The number of hydrogen-bond donors (Lipinski definition) is 2. The van der Waals surface area contributed by atoms with Gasteiger partial charge in [0.05, 0.1) is 20.1 Å². The highest BCUT2D eigenvalue weighted by molar-refractivity contribution is 6.37. The zero-order chi connectivity index (χ0) is 45.3. The lowest BCUT2D eigenvalue weighted by molar-refractivity contribution is -0.572. The van der Waals surface area contributed by atoms with Crippen molar-refractivity contribution in [1.29, 1.82) is 0 Å². The highest BCUT2D eigenvalue weighted by Gasteiger charge is 2.28. The van der Waals surface area contributed by atoms with Gasteiger partial charge >= 0.3 is 0 Å². The zero-order valence-electron chi connectivity index (χ0n) is 35.1. The van der Waals surface area contributed by atoms with E-state index in [4.69, 9.17) is 46.4 Å². The van der Waals surface area contributed by atoms with Gasteiger partial charge in [-0.1, -0.05) is 168 Å². The second-order valence-electron chi connectivity index (χ2n) is 15.8. The van der Waals surface area contributed by atoms with Crippen molar-refractivity contribution < 1.29 is 19.3 Å². The Morgan fingerprint density at radius 2 is 0.455 bits per heavy atom. The van der Waals surface area contributed by atoms with Crippen LogP contribution in [0.1, 0.15) is 0 Å². The molecule has 0 fully saturated rings. The maximum Gasteiger partial charge on any atom is 0.219 e. The number of phenols is 2. The largest absolute Gasteiger partial charge is 0.505 e. The molecule has 0 atom stereocenters. The minimum Gasteiger partial charge on any atom is -0.505 e. The lowest BCUT2D eigenvalue weighted by atomic mass is 9.95. The first-order valence-corrected chi connectivity index (χ1v) is 22.7. The van der Waals surface area contributed by atoms with E-state index in [9.17, 15) is 10.2 Å². The highest BCUT2D eigenvalue weighted by atomic mass is 35.5. The van der Waals surface area contributed by atoms with Gasteiger partial charge in [0.25, 0.3) is 0 Å². The van der Waals surface area contributed by atoms with Gasteiger partial charge in [0.1, 0.15) is 0 Å². The quantitative estimate of drug-likeness (QED) is 0.142. The molecule has 10 rings (SSSR count). The van der Waals surface area contributed by atoms with Crippen molar-refractivity contribution in [3.8, 4) is 101 Å². The van der Waals surface area contributed by atoms with Crippen molar-refractivity contribution in [2.75, 3.05) is 0 Å². The lowest BCUT2D eigenvalue weighted by Gasteiger charge is -2.14. The van der Waals surface area contributed by atoms with E-state index in [1.807, 2.05) is 72.8 Å². The second kappa shape index (κ2) is 18.4. The Hall–Kier alpha value is -7.18. The standard InChI is InChI=1S/C58H36Cl4N2O2/c59-49-33-47(34-50(60)57(49)65)63-53(41-13-5-1-6-14-41)29-45(30-54(63)42-15-7-2-8-16-42)39-25-21-37(22-26-39)38-23-27-40(28-24-38)46-31-55(43-17-9-3-10-18-43)64(48-35-51(61)58(66)52(62)36-48)56(32-46)44-19-11-4-12-20-44/h1-36H/p+2. The van der Waals surface area contributed by atoms with Crippen LogP contribution in [0.15, 0.2) is 218 Å². The number of aromatic hydroxyl groups is 2. The highest BCUT2D eigenvalue weighted by Crippen LogP contribution is 2.39. The van der Waals surface area contributed by atoms with Gasteiger partial charge in [0.2, 0.25) is 34.2 Å². The second-order valence-corrected chi connectivity index (χ2v) is 17.5. The molecule has 8 heteroatoms. The molecular formula is C58H38Cl4N2O2+2. The molecule has 8 aromatic carbocycles. The summed E-state index contributed by atoms with van der Waals surface area (Å²) in [6.45, 7) is 0. The smallest absolute Gasteiger partial charge is 0.219 e. The lowest BCUT2D eigenvalue weighted by Crippen LogP contribution is -2.36. The molecule has 2 heterocycles. The Morgan fingerprint density at radius 1 is 0.242 bits per heavy atom. The molecule has 0 amide bonds. The monoisotopic (exact) mass is 934 g/mol. The van der Waals surface area contributed by atoms with E-state index in [1.165, 1.54) is 0 Å². The third-order valence-electron chi connectivity index (χ3n) is 11.7. The van der Waals surface area contributed by atoms with E-state index in [2.05, 4.69) is 130 Å². The van der Waals surface area contributed by atoms with Crippen LogP contribution in [0.4, 0.5) is 0 Å². The van der Waals surface area contributed by atoms with E-state index >= 15 is 0 Å². The van der Waals surface area contributed by atoms with Crippen LogP contribution >= 0.6 is 46.4 Å². The molecule has 0 spiro atoms. The Kier molecular flexibility index (Phi) is 11.9. The van der Waals surface area contributed by atoms with Crippen LogP contribution in [0.25, 0.3) is 89.8 Å². The van der Waals surface area contributed by atoms with Gasteiger partial charge in [-0.2, -0.15) is 9.13 Å². The average molecular weight is 937 g/mol. The van der Waals surface area contributed by atoms with Crippen molar-refractivity contribution in [1.82, 2.24) is 0 Å². The molecule has 0 aliphatic heterocycles. The van der Waals surface area contributed by atoms with Crippen molar-refractivity contribution in [3.05, 3.63) is 238 Å². The van der Waals surface area contributed by atoms with Gasteiger partial charge in [0.15, 0.2) is 11.5 Å². The third kappa shape index (κ3) is 8.44. The predicted octanol–water partition coefficient (Wildman–Crippen LogP) is 15.9. The minimum atomic E-state index is -0.150. The summed E-state index contributed by atoms with van der Waals surface area (Å²) in [6, 6.07) is 73.8. The summed E-state index contributed by atoms with van der Waals surface area (Å²) in [5.41, 5.74) is 15.5. The van der Waals surface area contributed by atoms with E-state index in [1.54, 1.807) is 24.3 Å². The van der Waals surface area contributed by atoms with E-state index < -0.39 is 0 Å². The summed E-state index contributed by atoms with van der Waals surface area (Å²) in [5, 5.41) is 21.7. The molecule has 2 N–H and O–H groups in total. The summed E-state index contributed by atoms with van der Waals surface area (Å²) in [7, 11) is 0. The van der Waals surface area contributed by atoms with Gasteiger partial charge < -0.3 is 10.2 Å². The van der Waals surface area contributed by atoms with Crippen LogP contribution in [0.3, 0.4) is 0 Å². The van der Waals surface area contributed by atoms with Crippen molar-refractivity contribution >= 4 is 46.4 Å². The molecule has 0 unspecified atom stereocenters. The first kappa shape index (κ1) is 42.8. The first-order valence-electron chi connectivity index (χ1n) is 21.2. The Balaban J connectivity index is 1.05. The topological polar surface area (TPSA) is 48.2 Å². The number of phenolic OH excluding ortho intramolecular Hbond substituents is 2. The van der Waals surface area contributed by atoms with Crippen LogP contribution in [-0.4, -0.2) is 10.2 Å². The molecule has 4 nitrogen and oxygen atoms in total. The maximum atomic E-state index is 10.5. The fourth-order valence-electron chi connectivity index (χ4n) is 8.44. The van der Waals surface area contributed by atoms with Gasteiger partial charge in [0, 0.05) is 70.8 Å². The van der Waals surface area contributed by atoms with Gasteiger partial charge in [-0.3, -0.25) is 0 Å². The molecule has 2 aromatic heterocycles. The molecule has 0 saturated heterocycles. The molecule has 318 valence electrons. The van der Waals surface area contributed by atoms with Gasteiger partial charge in [-0.25, -0.2) is 0 Å². The number of nitrogens with zero attached hydrogens (tertiary/aromatic N) is 2. The third-order valence-corrected chi connectivity index (χ3v) is 12.9.